The van der Waals surface area contributed by atoms with Crippen molar-refractivity contribution in [3.05, 3.63) is 64.1 Å². The van der Waals surface area contributed by atoms with E-state index < -0.39 is 10.0 Å². The number of hydrogen-bond acceptors (Lipinski definition) is 3. The summed E-state index contributed by atoms with van der Waals surface area (Å²) in [5, 5.41) is 3.57. The van der Waals surface area contributed by atoms with E-state index in [2.05, 4.69) is 5.32 Å². The van der Waals surface area contributed by atoms with Crippen LogP contribution in [0.2, 0.25) is 10.0 Å². The van der Waals surface area contributed by atoms with E-state index >= 15 is 0 Å². The fourth-order valence-electron chi connectivity index (χ4n) is 2.33. The molecule has 2 aromatic carbocycles. The van der Waals surface area contributed by atoms with Gasteiger partial charge in [0.1, 0.15) is 0 Å². The zero-order valence-electron chi connectivity index (χ0n) is 14.4. The normalized spacial score (nSPS) is 11.8. The molecule has 0 saturated heterocycles. The summed E-state index contributed by atoms with van der Waals surface area (Å²) in [5.74, 6) is -0.385. The van der Waals surface area contributed by atoms with Crippen molar-refractivity contribution >= 4 is 39.1 Å². The van der Waals surface area contributed by atoms with Crippen molar-refractivity contribution in [2.24, 2.45) is 0 Å². The Labute approximate surface area is 164 Å². The Bertz CT molecular complexity index is 868. The molecule has 26 heavy (non-hydrogen) atoms. The molecule has 2 aromatic rings. The Kier molecular flexibility index (Phi) is 7.06. The minimum Gasteiger partial charge on any atom is -0.353 e. The molecule has 0 unspecified atom stereocenters. The van der Waals surface area contributed by atoms with Crippen molar-refractivity contribution in [2.75, 3.05) is 6.54 Å². The average molecular weight is 415 g/mol. The standard InChI is InChI=1S/C18H20Cl2N2O3S/c1-13(2)21-18(23)12-22(11-14-5-3-4-6-17(14)20)26(24,25)16-9-7-15(19)8-10-16/h3-10,13H,11-12H2,1-2H3,(H,21,23). The van der Waals surface area contributed by atoms with Crippen molar-refractivity contribution in [3.8, 4) is 0 Å². The molecule has 0 saturated carbocycles. The van der Waals surface area contributed by atoms with E-state index in [1.165, 1.54) is 24.3 Å². The Hall–Kier alpha value is -1.60. The number of carbonyl (C=O) groups is 1. The molecular weight excluding hydrogens is 395 g/mol. The summed E-state index contributed by atoms with van der Waals surface area (Å²) < 4.78 is 27.2. The summed E-state index contributed by atoms with van der Waals surface area (Å²) in [6, 6.07) is 12.7. The van der Waals surface area contributed by atoms with Gasteiger partial charge < -0.3 is 5.32 Å². The van der Waals surface area contributed by atoms with Crippen LogP contribution in [-0.4, -0.2) is 31.2 Å². The SMILES string of the molecule is CC(C)NC(=O)CN(Cc1ccccc1Cl)S(=O)(=O)c1ccc(Cl)cc1. The van der Waals surface area contributed by atoms with E-state index in [4.69, 9.17) is 23.2 Å². The largest absolute Gasteiger partial charge is 0.353 e. The van der Waals surface area contributed by atoms with Crippen LogP contribution in [-0.2, 0) is 21.4 Å². The van der Waals surface area contributed by atoms with E-state index in [1.54, 1.807) is 24.3 Å². The molecule has 0 aliphatic heterocycles. The maximum absolute atomic E-state index is 13.0. The third kappa shape index (κ3) is 5.45. The first-order valence-electron chi connectivity index (χ1n) is 7.98. The van der Waals surface area contributed by atoms with Gasteiger partial charge in [-0.1, -0.05) is 41.4 Å². The Morgan fingerprint density at radius 2 is 1.69 bits per heavy atom. The van der Waals surface area contributed by atoms with E-state index in [0.29, 0.717) is 15.6 Å². The summed E-state index contributed by atoms with van der Waals surface area (Å²) in [4.78, 5) is 12.3. The predicted molar refractivity (Wildman–Crippen MR) is 104 cm³/mol. The van der Waals surface area contributed by atoms with Gasteiger partial charge in [-0.2, -0.15) is 4.31 Å². The molecule has 0 aliphatic rings. The average Bonchev–Trinajstić information content (AvgIpc) is 2.56. The monoisotopic (exact) mass is 414 g/mol. The minimum atomic E-state index is -3.91. The van der Waals surface area contributed by atoms with Crippen LogP contribution in [0.4, 0.5) is 0 Å². The molecule has 140 valence electrons. The molecule has 0 heterocycles. The first-order chi connectivity index (χ1) is 12.2. The number of hydrogen-bond donors (Lipinski definition) is 1. The van der Waals surface area contributed by atoms with Crippen LogP contribution in [0, 0.1) is 0 Å². The maximum Gasteiger partial charge on any atom is 0.243 e. The zero-order chi connectivity index (χ0) is 19.3. The number of nitrogens with one attached hydrogen (secondary N) is 1. The van der Waals surface area contributed by atoms with Crippen molar-refractivity contribution < 1.29 is 13.2 Å². The van der Waals surface area contributed by atoms with Crippen LogP contribution in [0.1, 0.15) is 19.4 Å². The molecule has 0 aliphatic carbocycles. The quantitative estimate of drug-likeness (QED) is 0.750. The van der Waals surface area contributed by atoms with Gasteiger partial charge in [0.05, 0.1) is 11.4 Å². The van der Waals surface area contributed by atoms with Gasteiger partial charge >= 0.3 is 0 Å². The lowest BCUT2D eigenvalue weighted by atomic mass is 10.2. The van der Waals surface area contributed by atoms with Gasteiger partial charge in [-0.3, -0.25) is 4.79 Å². The van der Waals surface area contributed by atoms with Crippen molar-refractivity contribution in [2.45, 2.75) is 31.3 Å². The lowest BCUT2D eigenvalue weighted by molar-refractivity contribution is -0.121. The molecule has 2 rings (SSSR count). The Balaban J connectivity index is 2.37. The summed E-state index contributed by atoms with van der Waals surface area (Å²) >= 11 is 12.0. The predicted octanol–water partition coefficient (Wildman–Crippen LogP) is 3.71. The van der Waals surface area contributed by atoms with Crippen molar-refractivity contribution in [3.63, 3.8) is 0 Å². The van der Waals surface area contributed by atoms with E-state index in [9.17, 15) is 13.2 Å². The fourth-order valence-corrected chi connectivity index (χ4v) is 4.02. The number of benzene rings is 2. The summed E-state index contributed by atoms with van der Waals surface area (Å²) in [7, 11) is -3.91. The number of carbonyl (C=O) groups excluding carboxylic acids is 1. The van der Waals surface area contributed by atoms with Gasteiger partial charge in [0, 0.05) is 22.6 Å². The minimum absolute atomic E-state index is 0.0177. The smallest absolute Gasteiger partial charge is 0.243 e. The third-order valence-electron chi connectivity index (χ3n) is 3.53. The molecule has 0 aromatic heterocycles. The number of rotatable bonds is 7. The highest BCUT2D eigenvalue weighted by Gasteiger charge is 2.27. The van der Waals surface area contributed by atoms with Gasteiger partial charge in [0.25, 0.3) is 0 Å². The first-order valence-corrected chi connectivity index (χ1v) is 10.2. The van der Waals surface area contributed by atoms with E-state index in [-0.39, 0.29) is 29.9 Å². The third-order valence-corrected chi connectivity index (χ3v) is 5.95. The summed E-state index contributed by atoms with van der Waals surface area (Å²) in [6.45, 7) is 3.29. The lowest BCUT2D eigenvalue weighted by Gasteiger charge is -2.23. The highest BCUT2D eigenvalue weighted by Crippen LogP contribution is 2.23. The highest BCUT2D eigenvalue weighted by atomic mass is 35.5. The molecule has 5 nitrogen and oxygen atoms in total. The van der Waals surface area contributed by atoms with Gasteiger partial charge in [-0.15, -0.1) is 0 Å². The maximum atomic E-state index is 13.0. The number of nitrogens with zero attached hydrogens (tertiary/aromatic N) is 1. The van der Waals surface area contributed by atoms with Crippen LogP contribution >= 0.6 is 23.2 Å². The van der Waals surface area contributed by atoms with Gasteiger partial charge in [-0.05, 0) is 49.7 Å². The van der Waals surface area contributed by atoms with E-state index in [0.717, 1.165) is 4.31 Å². The van der Waals surface area contributed by atoms with Gasteiger partial charge in [0.15, 0.2) is 0 Å². The Morgan fingerprint density at radius 1 is 1.08 bits per heavy atom. The molecule has 8 heteroatoms. The molecule has 1 N–H and O–H groups in total. The van der Waals surface area contributed by atoms with Crippen LogP contribution < -0.4 is 5.32 Å². The second-order valence-corrected chi connectivity index (χ2v) is 8.82. The molecule has 0 fully saturated rings. The molecule has 1 amide bonds. The topological polar surface area (TPSA) is 66.5 Å². The number of amides is 1. The molecule has 0 atom stereocenters. The molecular formula is C18H20Cl2N2O3S. The fraction of sp³-hybridized carbons (Fsp3) is 0.278. The second kappa shape index (κ2) is 8.86. The number of sulfonamides is 1. The first kappa shape index (κ1) is 20.7. The van der Waals surface area contributed by atoms with Crippen LogP contribution in [0.15, 0.2) is 53.4 Å². The van der Waals surface area contributed by atoms with Crippen LogP contribution in [0.3, 0.4) is 0 Å². The lowest BCUT2D eigenvalue weighted by Crippen LogP contribution is -2.42. The number of halogens is 2. The molecule has 0 radical (unpaired) electrons. The van der Waals surface area contributed by atoms with Crippen molar-refractivity contribution in [1.82, 2.24) is 9.62 Å². The van der Waals surface area contributed by atoms with Crippen molar-refractivity contribution in [1.29, 1.82) is 0 Å². The van der Waals surface area contributed by atoms with E-state index in [1.807, 2.05) is 13.8 Å². The second-order valence-electron chi connectivity index (χ2n) is 6.04. The van der Waals surface area contributed by atoms with Gasteiger partial charge in [0.2, 0.25) is 15.9 Å². The highest BCUT2D eigenvalue weighted by molar-refractivity contribution is 7.89. The van der Waals surface area contributed by atoms with Crippen LogP contribution in [0.25, 0.3) is 0 Å². The Morgan fingerprint density at radius 3 is 2.27 bits per heavy atom. The molecule has 0 spiro atoms. The summed E-state index contributed by atoms with van der Waals surface area (Å²) in [5.41, 5.74) is 0.615. The van der Waals surface area contributed by atoms with Gasteiger partial charge in [-0.25, -0.2) is 8.42 Å². The zero-order valence-corrected chi connectivity index (χ0v) is 16.8. The molecule has 0 bridgehead atoms. The van der Waals surface area contributed by atoms with Crippen LogP contribution in [0.5, 0.6) is 0 Å². The summed E-state index contributed by atoms with van der Waals surface area (Å²) in [6.07, 6.45) is 0.